The van der Waals surface area contributed by atoms with Crippen molar-refractivity contribution in [2.24, 2.45) is 5.92 Å². The summed E-state index contributed by atoms with van der Waals surface area (Å²) in [6, 6.07) is 5.36. The molecule has 0 unspecified atom stereocenters. The first kappa shape index (κ1) is 16.6. The molecule has 0 aromatic heterocycles. The van der Waals surface area contributed by atoms with Gasteiger partial charge in [0.05, 0.1) is 24.0 Å². The number of halogens is 1. The van der Waals surface area contributed by atoms with E-state index < -0.39 is 5.97 Å². The van der Waals surface area contributed by atoms with E-state index in [1.807, 2.05) is 13.0 Å². The van der Waals surface area contributed by atoms with Crippen LogP contribution >= 0.6 is 11.6 Å². The summed E-state index contributed by atoms with van der Waals surface area (Å²) in [5.41, 5.74) is 0.764. The minimum Gasteiger partial charge on any atom is -0.492 e. The Kier molecular flexibility index (Phi) is 5.66. The Bertz CT molecular complexity index is 553. The van der Waals surface area contributed by atoms with Gasteiger partial charge in [-0.05, 0) is 25.8 Å². The number of rotatable bonds is 5. The number of aliphatic carboxylic acids is 1. The molecular weight excluding hydrogens is 306 g/mol. The summed E-state index contributed by atoms with van der Waals surface area (Å²) in [6.45, 7) is 3.32. The van der Waals surface area contributed by atoms with Crippen molar-refractivity contribution in [2.45, 2.75) is 26.2 Å². The van der Waals surface area contributed by atoms with Gasteiger partial charge in [0, 0.05) is 18.7 Å². The van der Waals surface area contributed by atoms with E-state index in [4.69, 9.17) is 21.4 Å². The van der Waals surface area contributed by atoms with E-state index >= 15 is 0 Å². The summed E-state index contributed by atoms with van der Waals surface area (Å²) >= 11 is 6.12. The van der Waals surface area contributed by atoms with Crippen molar-refractivity contribution < 1.29 is 19.4 Å². The molecule has 0 aliphatic carbocycles. The molecule has 1 fully saturated rings. The van der Waals surface area contributed by atoms with Crippen molar-refractivity contribution in [1.82, 2.24) is 4.90 Å². The van der Waals surface area contributed by atoms with Gasteiger partial charge in [0.1, 0.15) is 5.75 Å². The van der Waals surface area contributed by atoms with E-state index in [1.54, 1.807) is 17.0 Å². The lowest BCUT2D eigenvalue weighted by Gasteiger charge is -2.30. The summed E-state index contributed by atoms with van der Waals surface area (Å²) in [6.07, 6.45) is 1.23. The number of amides is 1. The zero-order chi connectivity index (χ0) is 16.1. The van der Waals surface area contributed by atoms with Crippen LogP contribution in [0, 0.1) is 5.92 Å². The fourth-order valence-electron chi connectivity index (χ4n) is 2.65. The first-order valence-corrected chi connectivity index (χ1v) is 7.81. The molecule has 1 N–H and O–H groups in total. The molecule has 1 aromatic carbocycles. The molecule has 0 spiro atoms. The number of carbonyl (C=O) groups is 2. The summed E-state index contributed by atoms with van der Waals surface area (Å²) in [4.78, 5) is 25.1. The minimum atomic E-state index is -0.777. The minimum absolute atomic E-state index is 0.0212. The van der Waals surface area contributed by atoms with E-state index in [9.17, 15) is 9.59 Å². The zero-order valence-corrected chi connectivity index (χ0v) is 13.3. The number of carboxylic acids is 1. The Hall–Kier alpha value is -1.75. The molecular formula is C16H20ClNO4. The van der Waals surface area contributed by atoms with E-state index in [-0.39, 0.29) is 18.2 Å². The van der Waals surface area contributed by atoms with Crippen LogP contribution in [-0.4, -0.2) is 41.6 Å². The van der Waals surface area contributed by atoms with Crippen LogP contribution in [0.1, 0.15) is 25.3 Å². The van der Waals surface area contributed by atoms with Crippen LogP contribution in [0.4, 0.5) is 0 Å². The molecule has 120 valence electrons. The van der Waals surface area contributed by atoms with Crippen molar-refractivity contribution in [2.75, 3.05) is 19.7 Å². The number of piperidine rings is 1. The highest BCUT2D eigenvalue weighted by Crippen LogP contribution is 2.29. The quantitative estimate of drug-likeness (QED) is 0.903. The smallest absolute Gasteiger partial charge is 0.306 e. The third-order valence-corrected chi connectivity index (χ3v) is 4.17. The van der Waals surface area contributed by atoms with Gasteiger partial charge >= 0.3 is 5.97 Å². The summed E-state index contributed by atoms with van der Waals surface area (Å²) in [7, 11) is 0. The lowest BCUT2D eigenvalue weighted by atomic mass is 9.96. The highest BCUT2D eigenvalue weighted by Gasteiger charge is 2.27. The topological polar surface area (TPSA) is 66.8 Å². The average molecular weight is 326 g/mol. The van der Waals surface area contributed by atoms with E-state index in [0.717, 1.165) is 5.56 Å². The van der Waals surface area contributed by atoms with Crippen LogP contribution in [0.3, 0.4) is 0 Å². The van der Waals surface area contributed by atoms with Gasteiger partial charge < -0.3 is 14.7 Å². The largest absolute Gasteiger partial charge is 0.492 e. The lowest BCUT2D eigenvalue weighted by Crippen LogP contribution is -2.41. The molecule has 5 nitrogen and oxygen atoms in total. The van der Waals surface area contributed by atoms with Crippen LogP contribution in [0.5, 0.6) is 5.75 Å². The van der Waals surface area contributed by atoms with Gasteiger partial charge in [0.15, 0.2) is 0 Å². The van der Waals surface area contributed by atoms with Gasteiger partial charge in [-0.3, -0.25) is 9.59 Å². The van der Waals surface area contributed by atoms with Crippen LogP contribution in [0.15, 0.2) is 18.2 Å². The third-order valence-electron chi connectivity index (χ3n) is 3.88. The standard InChI is InChI=1S/C16H20ClNO4/c1-2-22-15-12(4-3-5-13(15)17)10-14(19)18-8-6-11(7-9-18)16(20)21/h3-5,11H,2,6-10H2,1H3,(H,20,21). The number of hydrogen-bond donors (Lipinski definition) is 1. The molecule has 2 rings (SSSR count). The van der Waals surface area contributed by atoms with Crippen molar-refractivity contribution in [3.8, 4) is 5.75 Å². The number of nitrogens with zero attached hydrogens (tertiary/aromatic N) is 1. The first-order chi connectivity index (χ1) is 10.5. The van der Waals surface area contributed by atoms with Gasteiger partial charge in [-0.15, -0.1) is 0 Å². The molecule has 22 heavy (non-hydrogen) atoms. The van der Waals surface area contributed by atoms with E-state index in [0.29, 0.717) is 43.3 Å². The molecule has 1 aliphatic rings. The fraction of sp³-hybridized carbons (Fsp3) is 0.500. The molecule has 1 aromatic rings. The fourth-order valence-corrected chi connectivity index (χ4v) is 2.90. The molecule has 1 heterocycles. The SMILES string of the molecule is CCOc1c(Cl)cccc1CC(=O)N1CCC(C(=O)O)CC1. The van der Waals surface area contributed by atoms with Gasteiger partial charge in [-0.25, -0.2) is 0 Å². The number of ether oxygens (including phenoxy) is 1. The maximum atomic E-state index is 12.4. The molecule has 1 aliphatic heterocycles. The normalized spacial score (nSPS) is 15.6. The first-order valence-electron chi connectivity index (χ1n) is 7.43. The molecule has 1 saturated heterocycles. The Morgan fingerprint density at radius 2 is 2.05 bits per heavy atom. The second-order valence-corrected chi connectivity index (χ2v) is 5.74. The number of carboxylic acid groups (broad SMARTS) is 1. The lowest BCUT2D eigenvalue weighted by molar-refractivity contribution is -0.145. The second kappa shape index (κ2) is 7.49. The predicted octanol–water partition coefficient (Wildman–Crippen LogP) is 2.60. The maximum absolute atomic E-state index is 12.4. The average Bonchev–Trinajstić information content (AvgIpc) is 2.51. The molecule has 0 bridgehead atoms. The number of carbonyl (C=O) groups excluding carboxylic acids is 1. The zero-order valence-electron chi connectivity index (χ0n) is 12.5. The molecule has 6 heteroatoms. The van der Waals surface area contributed by atoms with Gasteiger partial charge in [-0.2, -0.15) is 0 Å². The van der Waals surface area contributed by atoms with E-state index in [1.165, 1.54) is 0 Å². The molecule has 0 atom stereocenters. The highest BCUT2D eigenvalue weighted by atomic mass is 35.5. The van der Waals surface area contributed by atoms with Crippen LogP contribution < -0.4 is 4.74 Å². The summed E-state index contributed by atoms with van der Waals surface area (Å²) in [5.74, 6) is -0.581. The monoisotopic (exact) mass is 325 g/mol. The van der Waals surface area contributed by atoms with Gasteiger partial charge in [-0.1, -0.05) is 23.7 Å². The Morgan fingerprint density at radius 3 is 2.64 bits per heavy atom. The number of benzene rings is 1. The Balaban J connectivity index is 2.01. The maximum Gasteiger partial charge on any atom is 0.306 e. The van der Waals surface area contributed by atoms with E-state index in [2.05, 4.69) is 0 Å². The van der Waals surface area contributed by atoms with Crippen LogP contribution in [0.2, 0.25) is 5.02 Å². The van der Waals surface area contributed by atoms with Crippen molar-refractivity contribution in [3.05, 3.63) is 28.8 Å². The summed E-state index contributed by atoms with van der Waals surface area (Å²) < 4.78 is 5.52. The number of hydrogen-bond acceptors (Lipinski definition) is 3. The molecule has 0 radical (unpaired) electrons. The van der Waals surface area contributed by atoms with Crippen molar-refractivity contribution in [1.29, 1.82) is 0 Å². The molecule has 1 amide bonds. The van der Waals surface area contributed by atoms with Gasteiger partial charge in [0.25, 0.3) is 0 Å². The Labute approximate surface area is 134 Å². The van der Waals surface area contributed by atoms with Crippen molar-refractivity contribution >= 4 is 23.5 Å². The second-order valence-electron chi connectivity index (χ2n) is 5.33. The number of para-hydroxylation sites is 1. The number of likely N-dealkylation sites (tertiary alicyclic amines) is 1. The predicted molar refractivity (Wildman–Crippen MR) is 83.3 cm³/mol. The molecule has 0 saturated carbocycles. The Morgan fingerprint density at radius 1 is 1.36 bits per heavy atom. The van der Waals surface area contributed by atoms with Gasteiger partial charge in [0.2, 0.25) is 5.91 Å². The van der Waals surface area contributed by atoms with Crippen LogP contribution in [0.25, 0.3) is 0 Å². The summed E-state index contributed by atoms with van der Waals surface area (Å²) in [5, 5.41) is 9.49. The third kappa shape index (κ3) is 3.91. The van der Waals surface area contributed by atoms with Crippen LogP contribution in [-0.2, 0) is 16.0 Å². The van der Waals surface area contributed by atoms with Crippen molar-refractivity contribution in [3.63, 3.8) is 0 Å². The highest BCUT2D eigenvalue weighted by molar-refractivity contribution is 6.32.